The summed E-state index contributed by atoms with van der Waals surface area (Å²) in [6.07, 6.45) is 0.580. The number of benzene rings is 1. The fraction of sp³-hybridized carbons (Fsp3) is 0.353. The van der Waals surface area contributed by atoms with E-state index in [0.29, 0.717) is 36.8 Å². The van der Waals surface area contributed by atoms with Crippen LogP contribution in [0, 0.1) is 0 Å². The maximum atomic E-state index is 12.8. The summed E-state index contributed by atoms with van der Waals surface area (Å²) in [6.45, 7) is 1.03. The van der Waals surface area contributed by atoms with E-state index in [4.69, 9.17) is 5.73 Å². The van der Waals surface area contributed by atoms with Gasteiger partial charge in [-0.05, 0) is 23.6 Å². The van der Waals surface area contributed by atoms with Crippen LogP contribution in [0.25, 0.3) is 0 Å². The van der Waals surface area contributed by atoms with Crippen LogP contribution in [0.1, 0.15) is 40.2 Å². The second kappa shape index (κ2) is 6.80. The lowest BCUT2D eigenvalue weighted by molar-refractivity contribution is -0.136. The van der Waals surface area contributed by atoms with Gasteiger partial charge in [0, 0.05) is 25.1 Å². The van der Waals surface area contributed by atoms with Crippen LogP contribution >= 0.6 is 0 Å². The van der Waals surface area contributed by atoms with Crippen LogP contribution in [0.5, 0.6) is 0 Å². The monoisotopic (exact) mass is 369 g/mol. The average molecular weight is 369 g/mol. The van der Waals surface area contributed by atoms with Gasteiger partial charge in [-0.25, -0.2) is 0 Å². The van der Waals surface area contributed by atoms with Crippen molar-refractivity contribution in [3.05, 3.63) is 40.7 Å². The maximum absolute atomic E-state index is 12.8. The highest BCUT2D eigenvalue weighted by Crippen LogP contribution is 2.30. The van der Waals surface area contributed by atoms with Crippen molar-refractivity contribution < 1.29 is 14.4 Å². The molecule has 4 rings (SSSR count). The van der Waals surface area contributed by atoms with Crippen LogP contribution in [0.15, 0.2) is 18.2 Å². The highest BCUT2D eigenvalue weighted by molar-refractivity contribution is 6.05. The number of hydrogen-bond donors (Lipinski definition) is 4. The number of rotatable bonds is 5. The Hall–Kier alpha value is -3.27. The fourth-order valence-electron chi connectivity index (χ4n) is 3.46. The predicted octanol–water partition coefficient (Wildman–Crippen LogP) is -0.363. The summed E-state index contributed by atoms with van der Waals surface area (Å²) in [4.78, 5) is 42.0. The highest BCUT2D eigenvalue weighted by Gasteiger charge is 2.39. The van der Waals surface area contributed by atoms with Gasteiger partial charge in [0.25, 0.3) is 5.91 Å². The van der Waals surface area contributed by atoms with Gasteiger partial charge in [-0.3, -0.25) is 24.8 Å². The Balaban J connectivity index is 1.52. The summed E-state index contributed by atoms with van der Waals surface area (Å²) in [6, 6.07) is 4.87. The second-order valence-corrected chi connectivity index (χ2v) is 6.51. The molecule has 2 aliphatic heterocycles. The first-order valence-electron chi connectivity index (χ1n) is 8.67. The molecule has 10 heteroatoms. The summed E-state index contributed by atoms with van der Waals surface area (Å²) in [5, 5.41) is 12.2. The number of nitrogens with zero attached hydrogens (tertiary/aromatic N) is 3. The Bertz CT molecular complexity index is 923. The molecule has 1 saturated heterocycles. The van der Waals surface area contributed by atoms with Gasteiger partial charge in [0.2, 0.25) is 17.8 Å². The van der Waals surface area contributed by atoms with Gasteiger partial charge in [-0.15, -0.1) is 5.10 Å². The molecule has 5 N–H and O–H groups in total. The predicted molar refractivity (Wildman–Crippen MR) is 94.1 cm³/mol. The number of piperidine rings is 1. The van der Waals surface area contributed by atoms with Gasteiger partial charge in [-0.1, -0.05) is 12.1 Å². The quantitative estimate of drug-likeness (QED) is 0.526. The topological polar surface area (TPSA) is 146 Å². The number of nitrogens with two attached hydrogens (primary N) is 1. The molecule has 0 aliphatic carbocycles. The molecule has 2 aliphatic rings. The number of imide groups is 1. The molecular weight excluding hydrogens is 350 g/mol. The Morgan fingerprint density at radius 1 is 1.30 bits per heavy atom. The molecule has 2 aromatic rings. The second-order valence-electron chi connectivity index (χ2n) is 6.51. The third kappa shape index (κ3) is 3.14. The minimum Gasteiger partial charge on any atom is -0.349 e. The zero-order valence-corrected chi connectivity index (χ0v) is 14.5. The van der Waals surface area contributed by atoms with Crippen molar-refractivity contribution in [2.75, 3.05) is 5.32 Å². The molecule has 0 saturated carbocycles. The number of hydrogen-bond acceptors (Lipinski definition) is 7. The molecule has 27 heavy (non-hydrogen) atoms. The molecule has 1 aromatic carbocycles. The Labute approximate surface area is 154 Å². The molecule has 3 heterocycles. The fourth-order valence-corrected chi connectivity index (χ4v) is 3.46. The van der Waals surface area contributed by atoms with Gasteiger partial charge in [0.05, 0.1) is 6.54 Å². The molecule has 1 fully saturated rings. The number of fused-ring (bicyclic) bond motifs is 1. The van der Waals surface area contributed by atoms with Crippen molar-refractivity contribution in [2.24, 2.45) is 5.73 Å². The van der Waals surface area contributed by atoms with Crippen molar-refractivity contribution in [1.29, 1.82) is 0 Å². The zero-order valence-electron chi connectivity index (χ0n) is 14.5. The van der Waals surface area contributed by atoms with E-state index in [9.17, 15) is 14.4 Å². The number of anilines is 1. The highest BCUT2D eigenvalue weighted by atomic mass is 16.2. The van der Waals surface area contributed by atoms with E-state index >= 15 is 0 Å². The number of H-pyrrole nitrogens is 1. The van der Waals surface area contributed by atoms with Crippen molar-refractivity contribution in [2.45, 2.75) is 38.5 Å². The molecule has 1 aromatic heterocycles. The molecular formula is C17H19N7O3. The first-order valence-corrected chi connectivity index (χ1v) is 8.67. The van der Waals surface area contributed by atoms with Crippen LogP contribution in [0.3, 0.4) is 0 Å². The van der Waals surface area contributed by atoms with Gasteiger partial charge >= 0.3 is 0 Å². The lowest BCUT2D eigenvalue weighted by atomic mass is 10.0. The first kappa shape index (κ1) is 17.2. The Kier molecular flexibility index (Phi) is 4.32. The summed E-state index contributed by atoms with van der Waals surface area (Å²) in [7, 11) is 0. The van der Waals surface area contributed by atoms with Gasteiger partial charge < -0.3 is 16.0 Å². The van der Waals surface area contributed by atoms with Gasteiger partial charge in [0.15, 0.2) is 0 Å². The molecule has 3 amide bonds. The minimum absolute atomic E-state index is 0.190. The Morgan fingerprint density at radius 3 is 2.89 bits per heavy atom. The lowest BCUT2D eigenvalue weighted by Crippen LogP contribution is -2.52. The largest absolute Gasteiger partial charge is 0.349 e. The average Bonchev–Trinajstić information content (AvgIpc) is 3.25. The standard InChI is InChI=1S/C17H19N7O3/c18-6-13-20-17(23-22-13)19-7-9-2-1-3-10-11(9)8-24(16(10)27)12-4-5-14(25)21-15(12)26/h1-3,12H,4-8,18H2,(H,21,25,26)(H2,19,20,22,23). The lowest BCUT2D eigenvalue weighted by Gasteiger charge is -2.29. The summed E-state index contributed by atoms with van der Waals surface area (Å²) < 4.78 is 0. The smallest absolute Gasteiger partial charge is 0.255 e. The Morgan fingerprint density at radius 2 is 2.15 bits per heavy atom. The third-order valence-electron chi connectivity index (χ3n) is 4.84. The number of amides is 3. The molecule has 0 bridgehead atoms. The van der Waals surface area contributed by atoms with Crippen LogP contribution in [-0.4, -0.2) is 43.8 Å². The van der Waals surface area contributed by atoms with Crippen LogP contribution in [0.4, 0.5) is 5.95 Å². The third-order valence-corrected chi connectivity index (χ3v) is 4.84. The summed E-state index contributed by atoms with van der Waals surface area (Å²) in [5.74, 6) is 0.106. The molecule has 0 spiro atoms. The molecule has 1 atom stereocenters. The molecule has 140 valence electrons. The van der Waals surface area contributed by atoms with E-state index in [1.54, 1.807) is 6.07 Å². The molecule has 0 radical (unpaired) electrons. The first-order chi connectivity index (χ1) is 13.1. The summed E-state index contributed by atoms with van der Waals surface area (Å²) >= 11 is 0. The van der Waals surface area contributed by atoms with Crippen molar-refractivity contribution in [1.82, 2.24) is 25.4 Å². The van der Waals surface area contributed by atoms with E-state index in [1.807, 2.05) is 12.1 Å². The van der Waals surface area contributed by atoms with E-state index in [2.05, 4.69) is 25.8 Å². The number of carbonyl (C=O) groups is 3. The van der Waals surface area contributed by atoms with Crippen molar-refractivity contribution in [3.63, 3.8) is 0 Å². The van der Waals surface area contributed by atoms with Crippen LogP contribution in [-0.2, 0) is 29.2 Å². The van der Waals surface area contributed by atoms with E-state index in [-0.39, 0.29) is 24.8 Å². The molecule has 1 unspecified atom stereocenters. The number of aromatic amines is 1. The summed E-state index contributed by atoms with van der Waals surface area (Å²) in [5.41, 5.74) is 7.88. The maximum Gasteiger partial charge on any atom is 0.255 e. The number of nitrogens with one attached hydrogen (secondary N) is 3. The number of aromatic nitrogens is 3. The van der Waals surface area contributed by atoms with E-state index in [0.717, 1.165) is 11.1 Å². The number of carbonyl (C=O) groups excluding carboxylic acids is 3. The van der Waals surface area contributed by atoms with E-state index in [1.165, 1.54) is 4.90 Å². The van der Waals surface area contributed by atoms with Gasteiger partial charge in [0.1, 0.15) is 11.9 Å². The van der Waals surface area contributed by atoms with Crippen molar-refractivity contribution >= 4 is 23.7 Å². The minimum atomic E-state index is -0.622. The van der Waals surface area contributed by atoms with Crippen LogP contribution in [0.2, 0.25) is 0 Å². The zero-order chi connectivity index (χ0) is 19.0. The van der Waals surface area contributed by atoms with E-state index < -0.39 is 11.9 Å². The van der Waals surface area contributed by atoms with Crippen LogP contribution < -0.4 is 16.4 Å². The molecule has 10 nitrogen and oxygen atoms in total. The normalized spacial score (nSPS) is 19.2. The SMILES string of the molecule is NCc1nc(NCc2cccc3c2CN(C2CCC(=O)NC2=O)C3=O)n[nH]1. The van der Waals surface area contributed by atoms with Gasteiger partial charge in [-0.2, -0.15) is 4.98 Å². The van der Waals surface area contributed by atoms with Crippen molar-refractivity contribution in [3.8, 4) is 0 Å².